The van der Waals surface area contributed by atoms with Crippen molar-refractivity contribution in [1.82, 2.24) is 4.90 Å². The molecule has 0 aromatic heterocycles. The van der Waals surface area contributed by atoms with E-state index in [0.29, 0.717) is 12.0 Å². The summed E-state index contributed by atoms with van der Waals surface area (Å²) in [6, 6.07) is 4.83. The molecule has 4 nitrogen and oxygen atoms in total. The van der Waals surface area contributed by atoms with Gasteiger partial charge in [-0.25, -0.2) is 0 Å². The van der Waals surface area contributed by atoms with Gasteiger partial charge in [-0.2, -0.15) is 0 Å². The molecular weight excluding hydrogens is 278 g/mol. The highest BCUT2D eigenvalue weighted by molar-refractivity contribution is 5.61. The van der Waals surface area contributed by atoms with Crippen LogP contribution in [0.15, 0.2) is 12.1 Å². The Bertz CT molecular complexity index is 645. The maximum atomic E-state index is 10.6. The average Bonchev–Trinajstić information content (AvgIpc) is 2.88. The van der Waals surface area contributed by atoms with Crippen LogP contribution in [0.25, 0.3) is 0 Å². The van der Waals surface area contributed by atoms with E-state index in [4.69, 9.17) is 9.47 Å². The standard InChI is InChI=1S/C18H23NO3/c1-19-8-7-18-11-4-5-13(20)17(18)22-16-14(21-2)6-3-10(15(16)18)9-12(11)19/h3,6,11-13,17,20H,4-5,7-9H2,1-2H3/t11-,12+,13?,17?,18-/m1/s1. The van der Waals surface area contributed by atoms with Crippen molar-refractivity contribution < 1.29 is 14.6 Å². The number of hydrogen-bond acceptors (Lipinski definition) is 4. The lowest BCUT2D eigenvalue weighted by Gasteiger charge is -2.58. The van der Waals surface area contributed by atoms with Gasteiger partial charge < -0.3 is 19.5 Å². The molecule has 0 radical (unpaired) electrons. The molecule has 1 N–H and O–H groups in total. The molecule has 1 saturated carbocycles. The van der Waals surface area contributed by atoms with E-state index < -0.39 is 0 Å². The molecule has 118 valence electrons. The molecule has 22 heavy (non-hydrogen) atoms. The Morgan fingerprint density at radius 2 is 2.23 bits per heavy atom. The van der Waals surface area contributed by atoms with Gasteiger partial charge in [0.2, 0.25) is 0 Å². The first-order chi connectivity index (χ1) is 10.7. The van der Waals surface area contributed by atoms with Gasteiger partial charge in [-0.15, -0.1) is 0 Å². The summed E-state index contributed by atoms with van der Waals surface area (Å²) in [4.78, 5) is 2.52. The molecule has 2 fully saturated rings. The highest BCUT2D eigenvalue weighted by Gasteiger charge is 2.65. The van der Waals surface area contributed by atoms with Gasteiger partial charge in [0.15, 0.2) is 11.5 Å². The van der Waals surface area contributed by atoms with Crippen LogP contribution in [0.1, 0.15) is 30.4 Å². The van der Waals surface area contributed by atoms with E-state index in [-0.39, 0.29) is 17.6 Å². The fourth-order valence-electron chi connectivity index (χ4n) is 5.86. The highest BCUT2D eigenvalue weighted by Crippen LogP contribution is 2.63. The molecule has 2 aliphatic carbocycles. The van der Waals surface area contributed by atoms with Crippen molar-refractivity contribution in [3.8, 4) is 11.5 Å². The smallest absolute Gasteiger partial charge is 0.165 e. The summed E-state index contributed by atoms with van der Waals surface area (Å²) < 4.78 is 11.9. The number of ether oxygens (including phenoxy) is 2. The minimum Gasteiger partial charge on any atom is -0.493 e. The average molecular weight is 301 g/mol. The van der Waals surface area contributed by atoms with Gasteiger partial charge in [0, 0.05) is 17.0 Å². The Hall–Kier alpha value is -1.26. The first-order valence-electron chi connectivity index (χ1n) is 8.42. The third-order valence-corrected chi connectivity index (χ3v) is 6.77. The SMILES string of the molecule is COc1ccc2c3c1OC1C(O)CC[C@@H]4[C@H](C2)N(C)CC[C@@]314. The normalized spacial score (nSPS) is 41.8. The minimum atomic E-state index is -0.358. The molecule has 0 amide bonds. The predicted octanol–water partition coefficient (Wildman–Crippen LogP) is 1.73. The summed E-state index contributed by atoms with van der Waals surface area (Å²) in [6.45, 7) is 1.09. The largest absolute Gasteiger partial charge is 0.493 e. The van der Waals surface area contributed by atoms with Crippen LogP contribution in [-0.2, 0) is 11.8 Å². The van der Waals surface area contributed by atoms with Crippen LogP contribution in [0.2, 0.25) is 0 Å². The predicted molar refractivity (Wildman–Crippen MR) is 82.6 cm³/mol. The van der Waals surface area contributed by atoms with Gasteiger partial charge in [-0.05, 0) is 56.8 Å². The minimum absolute atomic E-state index is 0.00625. The molecule has 2 bridgehead atoms. The number of nitrogens with zero attached hydrogens (tertiary/aromatic N) is 1. The zero-order chi connectivity index (χ0) is 15.1. The van der Waals surface area contributed by atoms with E-state index in [0.717, 1.165) is 43.7 Å². The molecule has 2 unspecified atom stereocenters. The summed E-state index contributed by atoms with van der Waals surface area (Å²) in [5.41, 5.74) is 2.77. The molecule has 4 heteroatoms. The molecule has 5 atom stereocenters. The number of piperidine rings is 1. The second kappa shape index (κ2) is 4.18. The maximum Gasteiger partial charge on any atom is 0.165 e. The van der Waals surface area contributed by atoms with Crippen LogP contribution in [0, 0.1) is 5.92 Å². The zero-order valence-corrected chi connectivity index (χ0v) is 13.2. The number of aliphatic hydroxyl groups is 1. The van der Waals surface area contributed by atoms with Crippen LogP contribution < -0.4 is 9.47 Å². The molecule has 1 aromatic carbocycles. The first kappa shape index (κ1) is 13.2. The molecule has 2 aliphatic heterocycles. The quantitative estimate of drug-likeness (QED) is 0.858. The molecule has 5 rings (SSSR count). The topological polar surface area (TPSA) is 41.9 Å². The second-order valence-corrected chi connectivity index (χ2v) is 7.46. The molecule has 4 aliphatic rings. The Morgan fingerprint density at radius 1 is 1.36 bits per heavy atom. The van der Waals surface area contributed by atoms with E-state index >= 15 is 0 Å². The van der Waals surface area contributed by atoms with Crippen molar-refractivity contribution in [2.45, 2.75) is 49.3 Å². The Morgan fingerprint density at radius 3 is 3.05 bits per heavy atom. The molecule has 1 spiro atoms. The van der Waals surface area contributed by atoms with Crippen LogP contribution in [0.5, 0.6) is 11.5 Å². The number of rotatable bonds is 1. The summed E-state index contributed by atoms with van der Waals surface area (Å²) in [5, 5.41) is 10.6. The molecular formula is C18H23NO3. The number of likely N-dealkylation sites (tertiary alicyclic amines) is 1. The van der Waals surface area contributed by atoms with Gasteiger partial charge >= 0.3 is 0 Å². The number of aliphatic hydroxyl groups excluding tert-OH is 1. The summed E-state index contributed by atoms with van der Waals surface area (Å²) in [6.07, 6.45) is 3.69. The Balaban J connectivity index is 1.80. The lowest BCUT2D eigenvalue weighted by atomic mass is 9.51. The molecule has 1 saturated heterocycles. The third kappa shape index (κ3) is 1.32. The Kier molecular flexibility index (Phi) is 2.51. The number of likely N-dealkylation sites (N-methyl/N-ethyl adjacent to an activating group) is 1. The van der Waals surface area contributed by atoms with Crippen LogP contribution >= 0.6 is 0 Å². The van der Waals surface area contributed by atoms with Gasteiger partial charge in [0.05, 0.1) is 13.2 Å². The van der Waals surface area contributed by atoms with Crippen molar-refractivity contribution in [1.29, 1.82) is 0 Å². The van der Waals surface area contributed by atoms with Crippen molar-refractivity contribution in [2.75, 3.05) is 20.7 Å². The number of benzene rings is 1. The van der Waals surface area contributed by atoms with Crippen molar-refractivity contribution in [2.24, 2.45) is 5.92 Å². The summed E-state index contributed by atoms with van der Waals surface area (Å²) in [5.74, 6) is 2.34. The van der Waals surface area contributed by atoms with E-state index in [1.54, 1.807) is 7.11 Å². The fourth-order valence-corrected chi connectivity index (χ4v) is 5.86. The molecule has 2 heterocycles. The van der Waals surface area contributed by atoms with Crippen LogP contribution in [0.4, 0.5) is 0 Å². The van der Waals surface area contributed by atoms with E-state index in [1.807, 2.05) is 6.07 Å². The summed E-state index contributed by atoms with van der Waals surface area (Å²) in [7, 11) is 3.96. The summed E-state index contributed by atoms with van der Waals surface area (Å²) >= 11 is 0. The van der Waals surface area contributed by atoms with Crippen molar-refractivity contribution >= 4 is 0 Å². The lowest BCUT2D eigenvalue weighted by molar-refractivity contribution is -0.0993. The Labute approximate surface area is 131 Å². The number of methoxy groups -OCH3 is 1. The number of hydrogen-bond donors (Lipinski definition) is 1. The molecule has 1 aromatic rings. The van der Waals surface area contributed by atoms with Gasteiger partial charge in [-0.1, -0.05) is 6.07 Å². The van der Waals surface area contributed by atoms with Gasteiger partial charge in [0.25, 0.3) is 0 Å². The lowest BCUT2D eigenvalue weighted by Crippen LogP contribution is -2.66. The highest BCUT2D eigenvalue weighted by atomic mass is 16.5. The zero-order valence-electron chi connectivity index (χ0n) is 13.2. The van der Waals surface area contributed by atoms with E-state index in [2.05, 4.69) is 18.0 Å². The van der Waals surface area contributed by atoms with Crippen molar-refractivity contribution in [3.05, 3.63) is 23.3 Å². The van der Waals surface area contributed by atoms with Crippen LogP contribution in [0.3, 0.4) is 0 Å². The van der Waals surface area contributed by atoms with Crippen molar-refractivity contribution in [3.63, 3.8) is 0 Å². The second-order valence-electron chi connectivity index (χ2n) is 7.46. The van der Waals surface area contributed by atoms with Crippen LogP contribution in [-0.4, -0.2) is 49.0 Å². The monoisotopic (exact) mass is 301 g/mol. The van der Waals surface area contributed by atoms with E-state index in [1.165, 1.54) is 11.1 Å². The first-order valence-corrected chi connectivity index (χ1v) is 8.42. The maximum absolute atomic E-state index is 10.6. The third-order valence-electron chi connectivity index (χ3n) is 6.77. The fraction of sp³-hybridized carbons (Fsp3) is 0.667. The van der Waals surface area contributed by atoms with Gasteiger partial charge in [0.1, 0.15) is 6.10 Å². The van der Waals surface area contributed by atoms with Gasteiger partial charge in [-0.3, -0.25) is 0 Å². The van der Waals surface area contributed by atoms with E-state index in [9.17, 15) is 5.11 Å².